The van der Waals surface area contributed by atoms with Crippen molar-refractivity contribution >= 4 is 16.9 Å². The van der Waals surface area contributed by atoms with Crippen LogP contribution in [-0.4, -0.2) is 56.3 Å². The second-order valence-corrected chi connectivity index (χ2v) is 6.49. The van der Waals surface area contributed by atoms with E-state index in [0.717, 1.165) is 36.0 Å². The second-order valence-electron chi connectivity index (χ2n) is 6.49. The van der Waals surface area contributed by atoms with E-state index in [-0.39, 0.29) is 0 Å². The van der Waals surface area contributed by atoms with Crippen LogP contribution < -0.4 is 4.90 Å². The van der Waals surface area contributed by atoms with Gasteiger partial charge in [0, 0.05) is 31.2 Å². The van der Waals surface area contributed by atoms with Gasteiger partial charge in [-0.2, -0.15) is 5.10 Å². The summed E-state index contributed by atoms with van der Waals surface area (Å²) in [5, 5.41) is 8.08. The molecule has 4 heterocycles. The molecular weight excluding hydrogens is 264 g/mol. The van der Waals surface area contributed by atoms with E-state index in [0.29, 0.717) is 12.1 Å². The molecule has 2 atom stereocenters. The maximum absolute atomic E-state index is 4.53. The zero-order valence-electron chi connectivity index (χ0n) is 12.7. The molecule has 2 aromatic heterocycles. The fourth-order valence-corrected chi connectivity index (χ4v) is 4.15. The fraction of sp³-hybridized carbons (Fsp3) is 0.667. The average molecular weight is 286 g/mol. The third kappa shape index (κ3) is 2.09. The van der Waals surface area contributed by atoms with Crippen molar-refractivity contribution in [1.82, 2.24) is 25.1 Å². The predicted octanol–water partition coefficient (Wildman–Crippen LogP) is 1.80. The van der Waals surface area contributed by atoms with Crippen LogP contribution in [0.4, 0.5) is 5.82 Å². The first kappa shape index (κ1) is 13.0. The normalized spacial score (nSPS) is 26.7. The topological polar surface area (TPSA) is 60.9 Å². The van der Waals surface area contributed by atoms with Gasteiger partial charge in [-0.25, -0.2) is 9.97 Å². The molecule has 6 nitrogen and oxygen atoms in total. The lowest BCUT2D eigenvalue weighted by Crippen LogP contribution is -2.43. The molecular formula is C15H22N6. The zero-order valence-corrected chi connectivity index (χ0v) is 12.7. The molecule has 2 fully saturated rings. The number of hydrogen-bond donors (Lipinski definition) is 1. The SMILES string of the molecule is CC(C)N1[C@H]2CC[C@H]1CN(c1ncnc3[nH]ncc13)CC2. The number of aromatic nitrogens is 4. The molecule has 0 radical (unpaired) electrons. The lowest BCUT2D eigenvalue weighted by molar-refractivity contribution is 0.158. The Morgan fingerprint density at radius 2 is 2.05 bits per heavy atom. The first-order valence-electron chi connectivity index (χ1n) is 7.90. The number of nitrogens with one attached hydrogen (secondary N) is 1. The van der Waals surface area contributed by atoms with E-state index < -0.39 is 0 Å². The van der Waals surface area contributed by atoms with Crippen molar-refractivity contribution in [2.75, 3.05) is 18.0 Å². The van der Waals surface area contributed by atoms with E-state index in [1.54, 1.807) is 6.33 Å². The summed E-state index contributed by atoms with van der Waals surface area (Å²) >= 11 is 0. The van der Waals surface area contributed by atoms with E-state index in [2.05, 4.69) is 43.8 Å². The lowest BCUT2D eigenvalue weighted by Gasteiger charge is -2.32. The minimum atomic E-state index is 0.627. The Morgan fingerprint density at radius 1 is 1.19 bits per heavy atom. The minimum Gasteiger partial charge on any atom is -0.354 e. The van der Waals surface area contributed by atoms with Crippen molar-refractivity contribution in [3.05, 3.63) is 12.5 Å². The van der Waals surface area contributed by atoms with Crippen LogP contribution in [0.2, 0.25) is 0 Å². The lowest BCUT2D eigenvalue weighted by atomic mass is 10.1. The molecule has 2 aliphatic heterocycles. The maximum Gasteiger partial charge on any atom is 0.160 e. The van der Waals surface area contributed by atoms with Crippen LogP contribution >= 0.6 is 0 Å². The highest BCUT2D eigenvalue weighted by molar-refractivity contribution is 5.86. The van der Waals surface area contributed by atoms with Gasteiger partial charge >= 0.3 is 0 Å². The van der Waals surface area contributed by atoms with E-state index in [9.17, 15) is 0 Å². The molecule has 6 heteroatoms. The van der Waals surface area contributed by atoms with Crippen molar-refractivity contribution in [3.8, 4) is 0 Å². The molecule has 0 aromatic carbocycles. The summed E-state index contributed by atoms with van der Waals surface area (Å²) in [5.41, 5.74) is 0.829. The van der Waals surface area contributed by atoms with Crippen LogP contribution in [0.25, 0.3) is 11.0 Å². The van der Waals surface area contributed by atoms with Crippen LogP contribution in [0.3, 0.4) is 0 Å². The van der Waals surface area contributed by atoms with Gasteiger partial charge in [0.2, 0.25) is 0 Å². The molecule has 2 aliphatic rings. The van der Waals surface area contributed by atoms with Gasteiger partial charge in [-0.1, -0.05) is 0 Å². The molecule has 0 saturated carbocycles. The van der Waals surface area contributed by atoms with E-state index in [4.69, 9.17) is 0 Å². The molecule has 2 saturated heterocycles. The molecule has 21 heavy (non-hydrogen) atoms. The van der Waals surface area contributed by atoms with Crippen LogP contribution in [0, 0.1) is 0 Å². The molecule has 2 aromatic rings. The number of aromatic amines is 1. The molecule has 4 rings (SSSR count). The molecule has 0 unspecified atom stereocenters. The van der Waals surface area contributed by atoms with Gasteiger partial charge in [0.25, 0.3) is 0 Å². The number of rotatable bonds is 2. The van der Waals surface area contributed by atoms with Gasteiger partial charge in [-0.15, -0.1) is 0 Å². The van der Waals surface area contributed by atoms with Crippen molar-refractivity contribution in [3.63, 3.8) is 0 Å². The van der Waals surface area contributed by atoms with Crippen molar-refractivity contribution in [2.24, 2.45) is 0 Å². The summed E-state index contributed by atoms with van der Waals surface area (Å²) in [7, 11) is 0. The van der Waals surface area contributed by atoms with Crippen molar-refractivity contribution in [2.45, 2.75) is 51.2 Å². The summed E-state index contributed by atoms with van der Waals surface area (Å²) in [4.78, 5) is 13.9. The summed E-state index contributed by atoms with van der Waals surface area (Å²) in [6.45, 7) is 6.77. The monoisotopic (exact) mass is 286 g/mol. The summed E-state index contributed by atoms with van der Waals surface area (Å²) in [5.74, 6) is 1.03. The van der Waals surface area contributed by atoms with Crippen LogP contribution in [0.15, 0.2) is 12.5 Å². The molecule has 0 spiro atoms. The zero-order chi connectivity index (χ0) is 14.4. The highest BCUT2D eigenvalue weighted by atomic mass is 15.3. The van der Waals surface area contributed by atoms with Gasteiger partial charge < -0.3 is 4.90 Å². The number of fused-ring (bicyclic) bond motifs is 3. The Bertz CT molecular complexity index is 636. The summed E-state index contributed by atoms with van der Waals surface area (Å²) in [6.07, 6.45) is 7.35. The second kappa shape index (κ2) is 4.94. The highest BCUT2D eigenvalue weighted by Crippen LogP contribution is 2.34. The van der Waals surface area contributed by atoms with Gasteiger partial charge in [0.05, 0.1) is 11.6 Å². The Kier molecular flexibility index (Phi) is 3.06. The number of nitrogens with zero attached hydrogens (tertiary/aromatic N) is 5. The Labute approximate surface area is 124 Å². The van der Waals surface area contributed by atoms with Gasteiger partial charge in [-0.05, 0) is 33.1 Å². The number of anilines is 1. The Balaban J connectivity index is 1.67. The van der Waals surface area contributed by atoms with Gasteiger partial charge in [0.15, 0.2) is 5.65 Å². The van der Waals surface area contributed by atoms with Crippen LogP contribution in [0.1, 0.15) is 33.1 Å². The Morgan fingerprint density at radius 3 is 2.90 bits per heavy atom. The molecule has 0 aliphatic carbocycles. The van der Waals surface area contributed by atoms with E-state index in [1.165, 1.54) is 19.3 Å². The van der Waals surface area contributed by atoms with Gasteiger partial charge in [0.1, 0.15) is 12.1 Å². The third-order valence-corrected chi connectivity index (χ3v) is 4.96. The van der Waals surface area contributed by atoms with E-state index >= 15 is 0 Å². The summed E-state index contributed by atoms with van der Waals surface area (Å²) in [6, 6.07) is 2.01. The average Bonchev–Trinajstić information content (AvgIpc) is 3.02. The number of hydrogen-bond acceptors (Lipinski definition) is 5. The van der Waals surface area contributed by atoms with Crippen molar-refractivity contribution in [1.29, 1.82) is 0 Å². The quantitative estimate of drug-likeness (QED) is 0.912. The molecule has 1 N–H and O–H groups in total. The first-order valence-corrected chi connectivity index (χ1v) is 7.90. The standard InChI is InChI=1S/C15H22N6/c1-10(2)21-11-3-4-12(21)8-20(6-5-11)15-13-7-18-19-14(13)16-9-17-15/h7,9-12H,3-6,8H2,1-2H3,(H,16,17,18,19)/t11-,12-/m0/s1. The Hall–Kier alpha value is -1.69. The maximum atomic E-state index is 4.53. The molecule has 112 valence electrons. The third-order valence-electron chi connectivity index (χ3n) is 4.96. The molecule has 2 bridgehead atoms. The van der Waals surface area contributed by atoms with E-state index in [1.807, 2.05) is 6.20 Å². The van der Waals surface area contributed by atoms with Crippen LogP contribution in [-0.2, 0) is 0 Å². The minimum absolute atomic E-state index is 0.627. The first-order chi connectivity index (χ1) is 10.2. The van der Waals surface area contributed by atoms with Gasteiger partial charge in [-0.3, -0.25) is 10.00 Å². The summed E-state index contributed by atoms with van der Waals surface area (Å²) < 4.78 is 0. The smallest absolute Gasteiger partial charge is 0.160 e. The largest absolute Gasteiger partial charge is 0.354 e. The fourth-order valence-electron chi connectivity index (χ4n) is 4.15. The number of H-pyrrole nitrogens is 1. The predicted molar refractivity (Wildman–Crippen MR) is 82.3 cm³/mol. The molecule has 0 amide bonds. The van der Waals surface area contributed by atoms with Crippen LogP contribution in [0.5, 0.6) is 0 Å². The highest BCUT2D eigenvalue weighted by Gasteiger charge is 2.38. The van der Waals surface area contributed by atoms with Crippen molar-refractivity contribution < 1.29 is 0 Å².